The summed E-state index contributed by atoms with van der Waals surface area (Å²) in [4.78, 5) is 24.6. The van der Waals surface area contributed by atoms with E-state index in [2.05, 4.69) is 36.2 Å². The number of halogens is 1. The SMILES string of the molecule is Cc1nc(N)nc2c1C(=O)N[C@@H](c1ncsc1Br)C2. The molecule has 0 aromatic carbocycles. The fourth-order valence-electron chi connectivity index (χ4n) is 2.21. The molecule has 0 radical (unpaired) electrons. The molecule has 1 atom stereocenters. The summed E-state index contributed by atoms with van der Waals surface area (Å²) in [6.07, 6.45) is 0.566. The van der Waals surface area contributed by atoms with E-state index in [0.717, 1.165) is 9.48 Å². The Morgan fingerprint density at radius 3 is 3.00 bits per heavy atom. The van der Waals surface area contributed by atoms with Crippen LogP contribution in [0.4, 0.5) is 5.95 Å². The summed E-state index contributed by atoms with van der Waals surface area (Å²) in [5.41, 5.74) is 10.0. The average molecular weight is 340 g/mol. The highest BCUT2D eigenvalue weighted by Gasteiger charge is 2.31. The van der Waals surface area contributed by atoms with Crippen LogP contribution in [0, 0.1) is 6.92 Å². The molecule has 8 heteroatoms. The molecule has 2 aromatic rings. The zero-order valence-corrected chi connectivity index (χ0v) is 12.4. The number of carbonyl (C=O) groups is 1. The van der Waals surface area contributed by atoms with Crippen molar-refractivity contribution in [2.45, 2.75) is 19.4 Å². The summed E-state index contributed by atoms with van der Waals surface area (Å²) < 4.78 is 0.917. The second-order valence-electron chi connectivity index (χ2n) is 4.23. The Bertz CT molecular complexity index is 671. The maximum Gasteiger partial charge on any atom is 0.255 e. The topological polar surface area (TPSA) is 93.8 Å². The Hall–Kier alpha value is -1.54. The number of aromatic nitrogens is 3. The smallest absolute Gasteiger partial charge is 0.255 e. The van der Waals surface area contributed by atoms with Crippen LogP contribution in [0.15, 0.2) is 9.30 Å². The number of aryl methyl sites for hydroxylation is 1. The first-order valence-corrected chi connectivity index (χ1v) is 7.26. The largest absolute Gasteiger partial charge is 0.368 e. The summed E-state index contributed by atoms with van der Waals surface area (Å²) in [6, 6.07) is -0.186. The van der Waals surface area contributed by atoms with Crippen LogP contribution in [-0.2, 0) is 6.42 Å². The third-order valence-corrected chi connectivity index (χ3v) is 4.59. The highest BCUT2D eigenvalue weighted by Crippen LogP contribution is 2.31. The van der Waals surface area contributed by atoms with E-state index in [9.17, 15) is 4.79 Å². The maximum atomic E-state index is 12.2. The lowest BCUT2D eigenvalue weighted by molar-refractivity contribution is 0.0921. The van der Waals surface area contributed by atoms with E-state index in [0.29, 0.717) is 23.4 Å². The molecule has 19 heavy (non-hydrogen) atoms. The van der Waals surface area contributed by atoms with Crippen molar-refractivity contribution in [1.29, 1.82) is 0 Å². The van der Waals surface area contributed by atoms with Crippen molar-refractivity contribution in [1.82, 2.24) is 20.3 Å². The number of fused-ring (bicyclic) bond motifs is 1. The number of nitrogen functional groups attached to an aromatic ring is 1. The van der Waals surface area contributed by atoms with E-state index >= 15 is 0 Å². The normalized spacial score (nSPS) is 18.0. The van der Waals surface area contributed by atoms with Gasteiger partial charge in [0.05, 0.1) is 38.0 Å². The van der Waals surface area contributed by atoms with Crippen molar-refractivity contribution in [2.75, 3.05) is 5.73 Å². The van der Waals surface area contributed by atoms with E-state index in [1.807, 2.05) is 0 Å². The molecule has 1 amide bonds. The Morgan fingerprint density at radius 1 is 1.53 bits per heavy atom. The van der Waals surface area contributed by atoms with Crippen LogP contribution in [0.25, 0.3) is 0 Å². The van der Waals surface area contributed by atoms with Gasteiger partial charge < -0.3 is 11.1 Å². The Balaban J connectivity index is 2.05. The highest BCUT2D eigenvalue weighted by molar-refractivity contribution is 9.11. The number of nitrogens with zero attached hydrogens (tertiary/aromatic N) is 3. The maximum absolute atomic E-state index is 12.2. The van der Waals surface area contributed by atoms with E-state index in [1.54, 1.807) is 12.4 Å². The number of thiazole rings is 1. The molecule has 3 rings (SSSR count). The standard InChI is InChI=1S/C11H10BrN5OS/c1-4-7-5(17-11(13)15-4)2-6(16-10(7)18)8-9(12)19-3-14-8/h3,6H,2H2,1H3,(H,16,18)(H2,13,15,17)/t6-/m1/s1. The number of amides is 1. The lowest BCUT2D eigenvalue weighted by atomic mass is 9.98. The number of nitrogens with one attached hydrogen (secondary N) is 1. The molecule has 0 aliphatic carbocycles. The Labute approximate surface area is 121 Å². The van der Waals surface area contributed by atoms with Crippen molar-refractivity contribution < 1.29 is 4.79 Å². The summed E-state index contributed by atoms with van der Waals surface area (Å²) in [5.74, 6) is 0.0192. The van der Waals surface area contributed by atoms with Gasteiger partial charge in [0.2, 0.25) is 5.95 Å². The first kappa shape index (κ1) is 12.5. The van der Waals surface area contributed by atoms with Crippen LogP contribution in [0.5, 0.6) is 0 Å². The molecule has 0 fully saturated rings. The zero-order valence-electron chi connectivity index (χ0n) is 9.98. The lowest BCUT2D eigenvalue weighted by Crippen LogP contribution is -2.37. The number of hydrogen-bond donors (Lipinski definition) is 2. The fraction of sp³-hybridized carbons (Fsp3) is 0.273. The average Bonchev–Trinajstić information content (AvgIpc) is 2.73. The molecule has 6 nitrogen and oxygen atoms in total. The van der Waals surface area contributed by atoms with Crippen molar-refractivity contribution in [3.05, 3.63) is 31.9 Å². The molecule has 0 unspecified atom stereocenters. The predicted octanol–water partition coefficient (Wildman–Crippen LogP) is 1.61. The summed E-state index contributed by atoms with van der Waals surface area (Å²) >= 11 is 4.92. The molecule has 0 bridgehead atoms. The van der Waals surface area contributed by atoms with E-state index in [4.69, 9.17) is 5.73 Å². The third kappa shape index (κ3) is 2.10. The van der Waals surface area contributed by atoms with Gasteiger partial charge in [0.1, 0.15) is 0 Å². The van der Waals surface area contributed by atoms with E-state index < -0.39 is 0 Å². The summed E-state index contributed by atoms with van der Waals surface area (Å²) in [5, 5.41) is 2.93. The monoisotopic (exact) mass is 339 g/mol. The van der Waals surface area contributed by atoms with Gasteiger partial charge in [0, 0.05) is 6.42 Å². The highest BCUT2D eigenvalue weighted by atomic mass is 79.9. The molecule has 1 aliphatic rings. The van der Waals surface area contributed by atoms with Crippen molar-refractivity contribution in [3.63, 3.8) is 0 Å². The van der Waals surface area contributed by atoms with E-state index in [1.165, 1.54) is 11.3 Å². The van der Waals surface area contributed by atoms with E-state index in [-0.39, 0.29) is 17.9 Å². The number of rotatable bonds is 1. The minimum absolute atomic E-state index is 0.177. The zero-order chi connectivity index (χ0) is 13.6. The minimum Gasteiger partial charge on any atom is -0.368 e. The third-order valence-electron chi connectivity index (χ3n) is 2.99. The second-order valence-corrected chi connectivity index (χ2v) is 6.40. The van der Waals surface area contributed by atoms with Gasteiger partial charge in [-0.05, 0) is 22.9 Å². The molecular weight excluding hydrogens is 330 g/mol. The minimum atomic E-state index is -0.186. The molecule has 98 valence electrons. The number of anilines is 1. The Morgan fingerprint density at radius 2 is 2.32 bits per heavy atom. The number of hydrogen-bond acceptors (Lipinski definition) is 6. The number of nitrogens with two attached hydrogens (primary N) is 1. The number of carbonyl (C=O) groups excluding carboxylic acids is 1. The molecule has 1 aliphatic heterocycles. The van der Waals surface area contributed by atoms with Crippen LogP contribution < -0.4 is 11.1 Å². The Kier molecular flexibility index (Phi) is 2.98. The van der Waals surface area contributed by atoms with Gasteiger partial charge in [0.25, 0.3) is 5.91 Å². The van der Waals surface area contributed by atoms with Crippen LogP contribution >= 0.6 is 27.3 Å². The first-order valence-electron chi connectivity index (χ1n) is 5.59. The predicted molar refractivity (Wildman–Crippen MR) is 74.9 cm³/mol. The quantitative estimate of drug-likeness (QED) is 0.823. The second kappa shape index (κ2) is 4.53. The first-order chi connectivity index (χ1) is 9.06. The van der Waals surface area contributed by atoms with Gasteiger partial charge in [-0.15, -0.1) is 11.3 Å². The molecule has 3 heterocycles. The molecule has 0 saturated heterocycles. The van der Waals surface area contributed by atoms with Crippen LogP contribution in [0.1, 0.15) is 33.5 Å². The van der Waals surface area contributed by atoms with Gasteiger partial charge in [-0.3, -0.25) is 4.79 Å². The van der Waals surface area contributed by atoms with Gasteiger partial charge in [-0.2, -0.15) is 0 Å². The van der Waals surface area contributed by atoms with Gasteiger partial charge in [-0.1, -0.05) is 0 Å². The van der Waals surface area contributed by atoms with Crippen molar-refractivity contribution >= 4 is 39.1 Å². The van der Waals surface area contributed by atoms with Gasteiger partial charge >= 0.3 is 0 Å². The fourth-order valence-corrected chi connectivity index (χ4v) is 3.41. The van der Waals surface area contributed by atoms with Crippen LogP contribution in [-0.4, -0.2) is 20.9 Å². The molecule has 0 saturated carbocycles. The van der Waals surface area contributed by atoms with Gasteiger partial charge in [-0.25, -0.2) is 15.0 Å². The van der Waals surface area contributed by atoms with Crippen molar-refractivity contribution in [3.8, 4) is 0 Å². The van der Waals surface area contributed by atoms with Crippen LogP contribution in [0.3, 0.4) is 0 Å². The summed E-state index contributed by atoms with van der Waals surface area (Å²) in [6.45, 7) is 1.76. The van der Waals surface area contributed by atoms with Gasteiger partial charge in [0.15, 0.2) is 0 Å². The van der Waals surface area contributed by atoms with Crippen molar-refractivity contribution in [2.24, 2.45) is 0 Å². The molecule has 0 spiro atoms. The lowest BCUT2D eigenvalue weighted by Gasteiger charge is -2.24. The molecule has 2 aromatic heterocycles. The van der Waals surface area contributed by atoms with Crippen LogP contribution in [0.2, 0.25) is 0 Å². The molecular formula is C11H10BrN5OS. The summed E-state index contributed by atoms with van der Waals surface area (Å²) in [7, 11) is 0. The molecule has 3 N–H and O–H groups in total.